The number of methoxy groups -OCH3 is 1. The van der Waals surface area contributed by atoms with Crippen LogP contribution in [0.1, 0.15) is 23.0 Å². The molecule has 0 aliphatic carbocycles. The molecule has 1 aromatic carbocycles. The van der Waals surface area contributed by atoms with Crippen molar-refractivity contribution < 1.29 is 14.3 Å². The van der Waals surface area contributed by atoms with E-state index >= 15 is 0 Å². The van der Waals surface area contributed by atoms with Gasteiger partial charge in [-0.15, -0.1) is 0 Å². The molecule has 0 bridgehead atoms. The van der Waals surface area contributed by atoms with E-state index in [9.17, 15) is 9.59 Å². The van der Waals surface area contributed by atoms with E-state index in [1.54, 1.807) is 30.6 Å². The minimum absolute atomic E-state index is 0.128. The van der Waals surface area contributed by atoms with E-state index < -0.39 is 11.5 Å². The van der Waals surface area contributed by atoms with Crippen molar-refractivity contribution in [3.05, 3.63) is 58.3 Å². The first-order chi connectivity index (χ1) is 14.3. The maximum absolute atomic E-state index is 12.7. The molecule has 2 aromatic heterocycles. The van der Waals surface area contributed by atoms with Gasteiger partial charge in [0.15, 0.2) is 5.69 Å². The van der Waals surface area contributed by atoms with Gasteiger partial charge >= 0.3 is 5.97 Å². The molecule has 9 heteroatoms. The summed E-state index contributed by atoms with van der Waals surface area (Å²) in [6, 6.07) is 8.05. The van der Waals surface area contributed by atoms with Crippen LogP contribution in [0.5, 0.6) is 5.75 Å². The Labute approximate surface area is 174 Å². The zero-order chi connectivity index (χ0) is 21.8. The summed E-state index contributed by atoms with van der Waals surface area (Å²) in [7, 11) is 6.60. The Kier molecular flexibility index (Phi) is 6.20. The molecule has 0 radical (unpaired) electrons. The molecule has 0 saturated heterocycles. The van der Waals surface area contributed by atoms with Gasteiger partial charge in [-0.2, -0.15) is 5.10 Å². The number of ether oxygens (including phenoxy) is 2. The average molecular weight is 411 g/mol. The monoisotopic (exact) mass is 411 g/mol. The van der Waals surface area contributed by atoms with Crippen LogP contribution in [0.2, 0.25) is 0 Å². The third-order valence-corrected chi connectivity index (χ3v) is 4.65. The first kappa shape index (κ1) is 21.1. The van der Waals surface area contributed by atoms with Gasteiger partial charge < -0.3 is 14.4 Å². The molecule has 0 unspecified atom stereocenters. The summed E-state index contributed by atoms with van der Waals surface area (Å²) in [4.78, 5) is 31.1. The number of benzene rings is 1. The van der Waals surface area contributed by atoms with E-state index in [0.717, 1.165) is 16.7 Å². The number of carbonyl (C=O) groups is 1. The predicted octanol–water partition coefficient (Wildman–Crippen LogP) is 2.00. The van der Waals surface area contributed by atoms with Crippen molar-refractivity contribution in [2.75, 3.05) is 25.7 Å². The molecule has 158 valence electrons. The number of aryl methyl sites for hydroxylation is 1. The highest BCUT2D eigenvalue weighted by Crippen LogP contribution is 2.21. The van der Waals surface area contributed by atoms with Gasteiger partial charge in [0.1, 0.15) is 0 Å². The summed E-state index contributed by atoms with van der Waals surface area (Å²) in [6.07, 6.45) is 3.77. The van der Waals surface area contributed by atoms with Gasteiger partial charge in [0, 0.05) is 39.4 Å². The summed E-state index contributed by atoms with van der Waals surface area (Å²) < 4.78 is 13.2. The van der Waals surface area contributed by atoms with Crippen LogP contribution in [0.3, 0.4) is 0 Å². The normalized spacial score (nSPS) is 10.7. The number of anilines is 1. The molecule has 9 nitrogen and oxygen atoms in total. The Hall–Kier alpha value is -3.62. The summed E-state index contributed by atoms with van der Waals surface area (Å²) in [5.74, 6) is -0.489. The lowest BCUT2D eigenvalue weighted by Gasteiger charge is -2.22. The Bertz CT molecular complexity index is 1100. The molecule has 0 spiro atoms. The highest BCUT2D eigenvalue weighted by molar-refractivity contribution is 5.90. The summed E-state index contributed by atoms with van der Waals surface area (Å²) in [5.41, 5.74) is 2.54. The topological polar surface area (TPSA) is 91.5 Å². The van der Waals surface area contributed by atoms with Crippen molar-refractivity contribution in [3.8, 4) is 16.9 Å². The molecule has 3 aromatic rings. The van der Waals surface area contributed by atoms with Gasteiger partial charge in [0.05, 0.1) is 19.9 Å². The van der Waals surface area contributed by atoms with Crippen LogP contribution in [0.15, 0.2) is 41.5 Å². The SMILES string of the molecule is CCOC(=O)c1nc(N(C)Cc2ccc(-c3cnn(C)c3)cc2)n(C)c(=O)c1OC. The molecule has 0 atom stereocenters. The molecule has 30 heavy (non-hydrogen) atoms. The fourth-order valence-electron chi connectivity index (χ4n) is 3.15. The third kappa shape index (κ3) is 4.19. The van der Waals surface area contributed by atoms with E-state index in [4.69, 9.17) is 9.47 Å². The van der Waals surface area contributed by atoms with Gasteiger partial charge in [-0.05, 0) is 18.1 Å². The van der Waals surface area contributed by atoms with Gasteiger partial charge in [-0.3, -0.25) is 14.0 Å². The molecular weight excluding hydrogens is 386 g/mol. The minimum Gasteiger partial charge on any atom is -0.489 e. The highest BCUT2D eigenvalue weighted by Gasteiger charge is 2.24. The molecule has 0 amide bonds. The number of hydrogen-bond donors (Lipinski definition) is 0. The second-order valence-corrected chi connectivity index (χ2v) is 6.83. The zero-order valence-electron chi connectivity index (χ0n) is 17.7. The van der Waals surface area contributed by atoms with Crippen molar-refractivity contribution in [1.29, 1.82) is 0 Å². The average Bonchev–Trinajstić information content (AvgIpc) is 3.16. The van der Waals surface area contributed by atoms with Gasteiger partial charge in [-0.25, -0.2) is 9.78 Å². The largest absolute Gasteiger partial charge is 0.489 e. The number of esters is 1. The van der Waals surface area contributed by atoms with Gasteiger partial charge in [-0.1, -0.05) is 24.3 Å². The van der Waals surface area contributed by atoms with Crippen molar-refractivity contribution >= 4 is 11.9 Å². The van der Waals surface area contributed by atoms with Crippen molar-refractivity contribution in [3.63, 3.8) is 0 Å². The van der Waals surface area contributed by atoms with Crippen LogP contribution < -0.4 is 15.2 Å². The smallest absolute Gasteiger partial charge is 0.361 e. The van der Waals surface area contributed by atoms with E-state index in [-0.39, 0.29) is 18.1 Å². The van der Waals surface area contributed by atoms with Crippen LogP contribution in [0, 0.1) is 0 Å². The number of nitrogens with zero attached hydrogens (tertiary/aromatic N) is 5. The molecule has 0 aliphatic rings. The van der Waals surface area contributed by atoms with Crippen molar-refractivity contribution in [2.24, 2.45) is 14.1 Å². The van der Waals surface area contributed by atoms with Crippen LogP contribution in [-0.4, -0.2) is 46.1 Å². The third-order valence-electron chi connectivity index (χ3n) is 4.65. The highest BCUT2D eigenvalue weighted by atomic mass is 16.5. The maximum atomic E-state index is 12.7. The van der Waals surface area contributed by atoms with Crippen LogP contribution in [0.4, 0.5) is 5.95 Å². The van der Waals surface area contributed by atoms with E-state index in [1.165, 1.54) is 11.7 Å². The first-order valence-corrected chi connectivity index (χ1v) is 9.47. The zero-order valence-corrected chi connectivity index (χ0v) is 17.7. The first-order valence-electron chi connectivity index (χ1n) is 9.47. The lowest BCUT2D eigenvalue weighted by atomic mass is 10.1. The van der Waals surface area contributed by atoms with Crippen LogP contribution >= 0.6 is 0 Å². The van der Waals surface area contributed by atoms with Gasteiger partial charge in [0.2, 0.25) is 11.7 Å². The fraction of sp³-hybridized carbons (Fsp3) is 0.333. The van der Waals surface area contributed by atoms with E-state index in [0.29, 0.717) is 12.5 Å². The molecule has 2 heterocycles. The number of carbonyl (C=O) groups excluding carboxylic acids is 1. The Morgan fingerprint density at radius 2 is 1.87 bits per heavy atom. The summed E-state index contributed by atoms with van der Waals surface area (Å²) >= 11 is 0. The molecule has 0 aliphatic heterocycles. The fourth-order valence-corrected chi connectivity index (χ4v) is 3.15. The molecule has 0 N–H and O–H groups in total. The lowest BCUT2D eigenvalue weighted by Crippen LogP contribution is -2.31. The lowest BCUT2D eigenvalue weighted by molar-refractivity contribution is 0.0514. The number of hydrogen-bond acceptors (Lipinski definition) is 7. The van der Waals surface area contributed by atoms with Gasteiger partial charge in [0.25, 0.3) is 5.56 Å². The summed E-state index contributed by atoms with van der Waals surface area (Å²) in [6.45, 7) is 2.35. The van der Waals surface area contributed by atoms with E-state index in [2.05, 4.69) is 10.1 Å². The second-order valence-electron chi connectivity index (χ2n) is 6.83. The second kappa shape index (κ2) is 8.81. The Morgan fingerprint density at radius 3 is 2.43 bits per heavy atom. The quantitative estimate of drug-likeness (QED) is 0.549. The number of rotatable bonds is 7. The van der Waals surface area contributed by atoms with Crippen LogP contribution in [0.25, 0.3) is 11.1 Å². The van der Waals surface area contributed by atoms with Crippen molar-refractivity contribution in [1.82, 2.24) is 19.3 Å². The maximum Gasteiger partial charge on any atom is 0.361 e. The summed E-state index contributed by atoms with van der Waals surface area (Å²) in [5, 5.41) is 4.19. The molecular formula is C21H25N5O4. The number of aromatic nitrogens is 4. The minimum atomic E-state index is -0.692. The molecule has 0 fully saturated rings. The standard InChI is InChI=1S/C21H25N5O4/c1-6-30-20(28)17-18(29-5)19(27)26(4)21(23-17)24(2)12-14-7-9-15(10-8-14)16-11-22-25(3)13-16/h7-11,13H,6,12H2,1-5H3. The molecule has 3 rings (SSSR count). The predicted molar refractivity (Wildman–Crippen MR) is 113 cm³/mol. The Balaban J connectivity index is 1.88. The van der Waals surface area contributed by atoms with Crippen LogP contribution in [-0.2, 0) is 25.4 Å². The van der Waals surface area contributed by atoms with Crippen molar-refractivity contribution in [2.45, 2.75) is 13.5 Å². The van der Waals surface area contributed by atoms with E-state index in [1.807, 2.05) is 43.7 Å². The Morgan fingerprint density at radius 1 is 1.17 bits per heavy atom. The molecule has 0 saturated carbocycles.